The van der Waals surface area contributed by atoms with E-state index in [9.17, 15) is 40.5 Å². The first kappa shape index (κ1) is 36.5. The predicted molar refractivity (Wildman–Crippen MR) is 140 cm³/mol. The summed E-state index contributed by atoms with van der Waals surface area (Å²) in [5.74, 6) is -1.16. The maximum Gasteiger partial charge on any atom is 2.00 e. The maximum atomic E-state index is 12.1. The van der Waals surface area contributed by atoms with Gasteiger partial charge < -0.3 is 85.4 Å². The molecule has 0 aromatic heterocycles. The van der Waals surface area contributed by atoms with Gasteiger partial charge in [0.1, 0.15) is 54.9 Å². The second-order valence-corrected chi connectivity index (χ2v) is 9.93. The number of hydrogen-bond acceptors (Lipinski definition) is 15. The van der Waals surface area contributed by atoms with Crippen molar-refractivity contribution in [1.29, 1.82) is 5.41 Å². The first-order valence-corrected chi connectivity index (χ1v) is 12.4. The molecule has 0 unspecified atom stereocenters. The number of guanidine groups is 2. The van der Waals surface area contributed by atoms with Crippen LogP contribution in [0.15, 0.2) is 4.99 Å². The molecule has 2 saturated heterocycles. The Balaban J connectivity index is 0.00000588. The first-order valence-electron chi connectivity index (χ1n) is 12.4. The van der Waals surface area contributed by atoms with Gasteiger partial charge in [-0.25, -0.2) is 4.99 Å². The van der Waals surface area contributed by atoms with Crippen LogP contribution in [-0.4, -0.2) is 208 Å². The molecule has 19 nitrogen and oxygen atoms in total. The SMILES string of the molecule is CN[C@@H]1[C@H](O[C@H]2[C@H](O[C@H]3[C@H](O)[C@@H](O)[C@H](N=C(N)N)[C@@H](O)[C@@H]3NC(=N)N)O[C@@H](C)[C@]2(O)C=O)O[C@@H](CO)[C@H](O)[C@H]1O.[Ba+2].[H-].[H-]. The van der Waals surface area contributed by atoms with Crippen LogP contribution in [0.2, 0.25) is 0 Å². The van der Waals surface area contributed by atoms with E-state index in [1.165, 1.54) is 14.0 Å². The summed E-state index contributed by atoms with van der Waals surface area (Å²) in [6.07, 6.45) is -17.3. The molecule has 234 valence electrons. The van der Waals surface area contributed by atoms with E-state index in [1.807, 2.05) is 0 Å². The van der Waals surface area contributed by atoms with Crippen molar-refractivity contribution in [2.75, 3.05) is 13.7 Å². The summed E-state index contributed by atoms with van der Waals surface area (Å²) in [5.41, 5.74) is 13.8. The molecule has 41 heavy (non-hydrogen) atoms. The number of carbonyl (C=O) groups excluding carboxylic acids is 1. The van der Waals surface area contributed by atoms with E-state index >= 15 is 0 Å². The van der Waals surface area contributed by atoms with E-state index < -0.39 is 110 Å². The van der Waals surface area contributed by atoms with Crippen LogP contribution in [-0.2, 0) is 23.7 Å². The number of nitrogens with one attached hydrogen (secondary N) is 3. The van der Waals surface area contributed by atoms with Crippen LogP contribution >= 0.6 is 0 Å². The van der Waals surface area contributed by atoms with Gasteiger partial charge in [-0.2, -0.15) is 0 Å². The third-order valence-electron chi connectivity index (χ3n) is 7.40. The van der Waals surface area contributed by atoms with Crippen LogP contribution in [0.5, 0.6) is 0 Å². The van der Waals surface area contributed by atoms with Crippen LogP contribution in [0.3, 0.4) is 0 Å². The summed E-state index contributed by atoms with van der Waals surface area (Å²) in [6.45, 7) is 0.616. The fourth-order valence-corrected chi connectivity index (χ4v) is 5.13. The number of aliphatic hydroxyl groups excluding tert-OH is 6. The number of carbonyl (C=O) groups is 1. The second-order valence-electron chi connectivity index (χ2n) is 9.93. The monoisotopic (exact) mass is 721 g/mol. The fraction of sp³-hybridized carbons (Fsp3) is 0.857. The predicted octanol–water partition coefficient (Wildman–Crippen LogP) is -8.11. The molecule has 3 aliphatic rings. The van der Waals surface area contributed by atoms with Crippen LogP contribution in [0, 0.1) is 5.41 Å². The van der Waals surface area contributed by atoms with Gasteiger partial charge in [0.05, 0.1) is 24.8 Å². The second kappa shape index (κ2) is 14.9. The Bertz CT molecular complexity index is 949. The molecule has 1 saturated carbocycles. The Hall–Kier alpha value is -0.699. The summed E-state index contributed by atoms with van der Waals surface area (Å²) in [4.78, 5) is 15.8. The van der Waals surface area contributed by atoms with Crippen LogP contribution < -0.4 is 27.8 Å². The molecule has 20 heteroatoms. The Kier molecular flexibility index (Phi) is 13.2. The molecule has 0 radical (unpaired) electrons. The largest absolute Gasteiger partial charge is 2.00 e. The minimum atomic E-state index is -2.39. The van der Waals surface area contributed by atoms with Gasteiger partial charge in [0.2, 0.25) is 0 Å². The van der Waals surface area contributed by atoms with Gasteiger partial charge in [-0.05, 0) is 14.0 Å². The van der Waals surface area contributed by atoms with E-state index in [1.54, 1.807) is 0 Å². The molecule has 0 aromatic rings. The van der Waals surface area contributed by atoms with E-state index in [0.717, 1.165) is 0 Å². The smallest absolute Gasteiger partial charge is 1.00 e. The molecule has 2 heterocycles. The average Bonchev–Trinajstić information content (AvgIpc) is 3.13. The number of aldehydes is 1. The van der Waals surface area contributed by atoms with E-state index in [4.69, 9.17) is 41.6 Å². The Morgan fingerprint density at radius 2 is 1.66 bits per heavy atom. The number of ether oxygens (including phenoxy) is 4. The van der Waals surface area contributed by atoms with E-state index in [2.05, 4.69) is 15.6 Å². The topological polar surface area (TPSA) is 334 Å². The van der Waals surface area contributed by atoms with Crippen molar-refractivity contribution in [3.8, 4) is 0 Å². The minimum absolute atomic E-state index is 0. The van der Waals surface area contributed by atoms with Crippen LogP contribution in [0.25, 0.3) is 0 Å². The summed E-state index contributed by atoms with van der Waals surface area (Å²) >= 11 is 0. The molecular weight excluding hydrogens is 680 g/mol. The zero-order chi connectivity index (χ0) is 30.1. The van der Waals surface area contributed by atoms with E-state index in [-0.39, 0.29) is 58.0 Å². The quantitative estimate of drug-likeness (QED) is 0.0455. The number of hydrogen-bond donors (Lipinski definition) is 13. The van der Waals surface area contributed by atoms with Crippen molar-refractivity contribution in [2.45, 2.75) is 98.2 Å². The third-order valence-corrected chi connectivity index (χ3v) is 7.40. The number of aliphatic imine (C=N–C) groups is 1. The fourth-order valence-electron chi connectivity index (χ4n) is 5.13. The summed E-state index contributed by atoms with van der Waals surface area (Å²) in [5, 5.41) is 86.6. The van der Waals surface area contributed by atoms with Crippen molar-refractivity contribution in [1.82, 2.24) is 10.6 Å². The third kappa shape index (κ3) is 7.34. The molecular formula is C21H41BaN7O12. The maximum absolute atomic E-state index is 12.1. The number of nitrogens with zero attached hydrogens (tertiary/aromatic N) is 1. The van der Waals surface area contributed by atoms with Crippen molar-refractivity contribution < 1.29 is 62.3 Å². The van der Waals surface area contributed by atoms with E-state index in [0.29, 0.717) is 0 Å². The minimum Gasteiger partial charge on any atom is -1.00 e. The van der Waals surface area contributed by atoms with Gasteiger partial charge in [0.25, 0.3) is 0 Å². The molecule has 16 N–H and O–H groups in total. The molecule has 3 rings (SSSR count). The number of likely N-dealkylation sites (N-methyl/N-ethyl adjacent to an activating group) is 1. The zero-order valence-electron chi connectivity index (χ0n) is 24.4. The van der Waals surface area contributed by atoms with Gasteiger partial charge >= 0.3 is 48.9 Å². The average molecular weight is 721 g/mol. The van der Waals surface area contributed by atoms with Crippen molar-refractivity contribution in [3.05, 3.63) is 0 Å². The summed E-state index contributed by atoms with van der Waals surface area (Å²) < 4.78 is 22.9. The molecule has 0 amide bonds. The summed E-state index contributed by atoms with van der Waals surface area (Å²) in [6, 6.07) is -4.02. The van der Waals surface area contributed by atoms with Gasteiger partial charge in [0, 0.05) is 0 Å². The van der Waals surface area contributed by atoms with Gasteiger partial charge in [0.15, 0.2) is 36.4 Å². The normalized spacial score (nSPS) is 46.3. The van der Waals surface area contributed by atoms with Crippen LogP contribution in [0.1, 0.15) is 9.78 Å². The van der Waals surface area contributed by atoms with Crippen molar-refractivity contribution in [2.24, 2.45) is 22.2 Å². The molecule has 2 aliphatic heterocycles. The number of aliphatic hydroxyl groups is 7. The number of nitrogens with two attached hydrogens (primary N) is 3. The first-order chi connectivity index (χ1) is 18.7. The van der Waals surface area contributed by atoms with Crippen LogP contribution in [0.4, 0.5) is 0 Å². The van der Waals surface area contributed by atoms with Gasteiger partial charge in [-0.1, -0.05) is 0 Å². The Morgan fingerprint density at radius 3 is 2.17 bits per heavy atom. The molecule has 15 atom stereocenters. The number of rotatable bonds is 9. The Labute approximate surface area is 277 Å². The zero-order valence-corrected chi connectivity index (χ0v) is 26.9. The molecule has 0 bridgehead atoms. The standard InChI is InChI=1S/C21H39N7O12.Ba.2H/c1-5-21(36,4-30)16(40-17-9(26-2)13(34)10(31)6(3-29)38-17)18(37-5)39-15-8(28-20(24)25)11(32)7(27-19(22)23)12(33)14(15)35;;;/h4-18,26,29,31-36H,3H2,1-2H3,(H4,22,23,27)(H4,24,25,28);;;/q;+2;2*-1/t5-,6-,7+,8-,9-,10-,11+,12-,13-,14+,15+,16-,17-,18-,21+;;;/m0.../s1. The van der Waals surface area contributed by atoms with Gasteiger partial charge in [-0.3, -0.25) is 10.2 Å². The molecule has 3 fully saturated rings. The molecule has 0 spiro atoms. The molecule has 1 aliphatic carbocycles. The Morgan fingerprint density at radius 1 is 1.02 bits per heavy atom. The molecule has 0 aromatic carbocycles. The van der Waals surface area contributed by atoms with Crippen molar-refractivity contribution in [3.63, 3.8) is 0 Å². The van der Waals surface area contributed by atoms with Crippen molar-refractivity contribution >= 4 is 67.1 Å². The van der Waals surface area contributed by atoms with Gasteiger partial charge in [-0.15, -0.1) is 0 Å². The summed E-state index contributed by atoms with van der Waals surface area (Å²) in [7, 11) is 1.42.